The topological polar surface area (TPSA) is 122 Å². The lowest BCUT2D eigenvalue weighted by molar-refractivity contribution is -0.102. The molecule has 0 aliphatic carbocycles. The summed E-state index contributed by atoms with van der Waals surface area (Å²) in [7, 11) is 1.28. The Morgan fingerprint density at radius 2 is 1.97 bits per heavy atom. The van der Waals surface area contributed by atoms with E-state index in [1.165, 1.54) is 13.4 Å². The summed E-state index contributed by atoms with van der Waals surface area (Å²) >= 11 is 0. The van der Waals surface area contributed by atoms with E-state index in [1.54, 1.807) is 6.07 Å². The van der Waals surface area contributed by atoms with Crippen LogP contribution in [0.3, 0.4) is 0 Å². The lowest BCUT2D eigenvalue weighted by Gasteiger charge is -2.23. The van der Waals surface area contributed by atoms with E-state index in [4.69, 9.17) is 23.4 Å². The van der Waals surface area contributed by atoms with Gasteiger partial charge in [-0.25, -0.2) is 14.8 Å². The second-order valence-electron chi connectivity index (χ2n) is 8.19. The molecule has 0 bridgehead atoms. The molecule has 2 aromatic heterocycles. The van der Waals surface area contributed by atoms with Gasteiger partial charge in [-0.3, -0.25) is 0 Å². The number of ether oxygens (including phenoxy) is 5. The molecule has 0 radical (unpaired) electrons. The van der Waals surface area contributed by atoms with E-state index in [0.717, 1.165) is 23.2 Å². The van der Waals surface area contributed by atoms with E-state index in [-0.39, 0.29) is 30.0 Å². The number of aryl methyl sites for hydroxylation is 2. The molecule has 1 aliphatic heterocycles. The third-order valence-electron chi connectivity index (χ3n) is 5.70. The van der Waals surface area contributed by atoms with Gasteiger partial charge in [-0.2, -0.15) is 0 Å². The van der Waals surface area contributed by atoms with Crippen LogP contribution in [0.1, 0.15) is 40.1 Å². The molecule has 4 rings (SSSR count). The Labute approximate surface area is 209 Å². The number of rotatable bonds is 11. The Balaban J connectivity index is 1.32. The Morgan fingerprint density at radius 1 is 1.14 bits per heavy atom. The number of oxazole rings is 1. The second-order valence-corrected chi connectivity index (χ2v) is 8.19. The van der Waals surface area contributed by atoms with Crippen LogP contribution >= 0.6 is 0 Å². The monoisotopic (exact) mass is 498 g/mol. The average molecular weight is 499 g/mol. The van der Waals surface area contributed by atoms with Crippen molar-refractivity contribution in [3.05, 3.63) is 65.0 Å². The molecule has 192 valence electrons. The van der Waals surface area contributed by atoms with Gasteiger partial charge in [0.25, 0.3) is 0 Å². The minimum absolute atomic E-state index is 0.0875. The Kier molecular flexibility index (Phi) is 8.75. The van der Waals surface area contributed by atoms with E-state index in [2.05, 4.69) is 14.7 Å². The first kappa shape index (κ1) is 25.5. The van der Waals surface area contributed by atoms with Crippen LogP contribution in [0.4, 0.5) is 0 Å². The number of aromatic hydroxyl groups is 1. The highest BCUT2D eigenvalue weighted by Gasteiger charge is 2.17. The summed E-state index contributed by atoms with van der Waals surface area (Å²) in [6, 6.07) is 9.21. The predicted molar refractivity (Wildman–Crippen MR) is 127 cm³/mol. The summed E-state index contributed by atoms with van der Waals surface area (Å²) < 4.78 is 32.3. The number of carbonyl (C=O) groups is 1. The van der Waals surface area contributed by atoms with Crippen molar-refractivity contribution in [2.75, 3.05) is 33.5 Å². The molecule has 0 saturated carbocycles. The number of methoxy groups -OCH3 is 1. The number of hydrogen-bond acceptors (Lipinski definition) is 10. The van der Waals surface area contributed by atoms with E-state index in [0.29, 0.717) is 50.9 Å². The van der Waals surface area contributed by atoms with Crippen LogP contribution in [0.25, 0.3) is 0 Å². The molecule has 36 heavy (non-hydrogen) atoms. The summed E-state index contributed by atoms with van der Waals surface area (Å²) in [5, 5.41) is 10.5. The molecule has 1 fully saturated rings. The van der Waals surface area contributed by atoms with E-state index in [9.17, 15) is 9.90 Å². The highest BCUT2D eigenvalue weighted by molar-refractivity contribution is 5.86. The van der Waals surface area contributed by atoms with Gasteiger partial charge in [0.1, 0.15) is 30.5 Å². The molecule has 0 spiro atoms. The maximum absolute atomic E-state index is 11.5. The molecular weight excluding hydrogens is 468 g/mol. The predicted octanol–water partition coefficient (Wildman–Crippen LogP) is 3.28. The molecule has 3 aromatic rings. The standard InChI is InChI=1S/C26H30N2O8/c1-3-20-21(27-24(12-23(20)29)35-14-19-13-32-10-11-33-19)9-6-17-4-7-18(8-5-17)34-16-25-28-22(15-36-25)26(30)31-2/h4-5,7-8,12,15,19H,3,6,9-11,13-14,16H2,1-2H3,(H,27,29). The molecule has 1 aromatic carbocycles. The lowest BCUT2D eigenvalue weighted by atomic mass is 10.0. The maximum atomic E-state index is 11.5. The molecule has 1 saturated heterocycles. The number of aromatic nitrogens is 2. The van der Waals surface area contributed by atoms with Gasteiger partial charge in [-0.05, 0) is 37.0 Å². The fourth-order valence-corrected chi connectivity index (χ4v) is 3.80. The van der Waals surface area contributed by atoms with Gasteiger partial charge in [0.2, 0.25) is 11.8 Å². The SMILES string of the molecule is CCc1c(O)cc(OCC2COCCO2)nc1CCc1ccc(OCc2nc(C(=O)OC)co2)cc1. The third kappa shape index (κ3) is 6.73. The van der Waals surface area contributed by atoms with Gasteiger partial charge in [0.15, 0.2) is 12.3 Å². The highest BCUT2D eigenvalue weighted by Crippen LogP contribution is 2.27. The number of benzene rings is 1. The van der Waals surface area contributed by atoms with Crippen molar-refractivity contribution < 1.29 is 38.0 Å². The zero-order chi connectivity index (χ0) is 25.3. The molecule has 10 heteroatoms. The smallest absolute Gasteiger partial charge is 0.360 e. The van der Waals surface area contributed by atoms with E-state index >= 15 is 0 Å². The van der Waals surface area contributed by atoms with Crippen LogP contribution in [-0.2, 0) is 40.1 Å². The quantitative estimate of drug-likeness (QED) is 0.394. The molecule has 1 aliphatic rings. The summed E-state index contributed by atoms with van der Waals surface area (Å²) in [4.78, 5) is 20.1. The Hall–Kier alpha value is -3.63. The number of esters is 1. The average Bonchev–Trinajstić information content (AvgIpc) is 3.39. The Bertz CT molecular complexity index is 1140. The first-order chi connectivity index (χ1) is 17.6. The lowest BCUT2D eigenvalue weighted by Crippen LogP contribution is -2.33. The van der Waals surface area contributed by atoms with Gasteiger partial charge in [0.05, 0.1) is 32.6 Å². The van der Waals surface area contributed by atoms with Crippen molar-refractivity contribution in [3.8, 4) is 17.4 Å². The molecule has 1 unspecified atom stereocenters. The molecular formula is C26H30N2O8. The third-order valence-corrected chi connectivity index (χ3v) is 5.70. The van der Waals surface area contributed by atoms with Gasteiger partial charge in [-0.1, -0.05) is 19.1 Å². The van der Waals surface area contributed by atoms with Crippen molar-refractivity contribution in [3.63, 3.8) is 0 Å². The fraction of sp³-hybridized carbons (Fsp3) is 0.423. The molecule has 0 amide bonds. The zero-order valence-corrected chi connectivity index (χ0v) is 20.4. The number of nitrogens with zero attached hydrogens (tertiary/aromatic N) is 2. The summed E-state index contributed by atoms with van der Waals surface area (Å²) in [6.45, 7) is 4.02. The maximum Gasteiger partial charge on any atom is 0.360 e. The van der Waals surface area contributed by atoms with Gasteiger partial charge in [0, 0.05) is 11.6 Å². The van der Waals surface area contributed by atoms with Crippen LogP contribution < -0.4 is 9.47 Å². The molecule has 10 nitrogen and oxygen atoms in total. The van der Waals surface area contributed by atoms with E-state index in [1.807, 2.05) is 31.2 Å². The highest BCUT2D eigenvalue weighted by atomic mass is 16.6. The van der Waals surface area contributed by atoms with Gasteiger partial charge >= 0.3 is 5.97 Å². The largest absolute Gasteiger partial charge is 0.507 e. The van der Waals surface area contributed by atoms with Crippen LogP contribution in [0.5, 0.6) is 17.4 Å². The summed E-state index contributed by atoms with van der Waals surface area (Å²) in [5.41, 5.74) is 2.81. The van der Waals surface area contributed by atoms with Crippen molar-refractivity contribution in [1.82, 2.24) is 9.97 Å². The van der Waals surface area contributed by atoms with Crippen LogP contribution in [0.2, 0.25) is 0 Å². The van der Waals surface area contributed by atoms with Crippen LogP contribution in [-0.4, -0.2) is 60.7 Å². The zero-order valence-electron chi connectivity index (χ0n) is 20.4. The van der Waals surface area contributed by atoms with Gasteiger partial charge in [-0.15, -0.1) is 0 Å². The molecule has 1 atom stereocenters. The van der Waals surface area contributed by atoms with Crippen LogP contribution in [0, 0.1) is 0 Å². The van der Waals surface area contributed by atoms with Crippen molar-refractivity contribution in [1.29, 1.82) is 0 Å². The normalized spacial score (nSPS) is 15.4. The van der Waals surface area contributed by atoms with Crippen molar-refractivity contribution in [2.24, 2.45) is 0 Å². The minimum atomic E-state index is -0.562. The number of carbonyl (C=O) groups excluding carboxylic acids is 1. The van der Waals surface area contributed by atoms with Crippen LogP contribution in [0.15, 0.2) is 41.0 Å². The minimum Gasteiger partial charge on any atom is -0.507 e. The molecule has 1 N–H and O–H groups in total. The fourth-order valence-electron chi connectivity index (χ4n) is 3.80. The summed E-state index contributed by atoms with van der Waals surface area (Å²) in [5.74, 6) is 0.921. The first-order valence-electron chi connectivity index (χ1n) is 11.8. The second kappa shape index (κ2) is 12.4. The van der Waals surface area contributed by atoms with E-state index < -0.39 is 5.97 Å². The Morgan fingerprint density at radius 3 is 2.69 bits per heavy atom. The van der Waals surface area contributed by atoms with Gasteiger partial charge < -0.3 is 33.2 Å². The number of pyridine rings is 1. The number of hydrogen-bond donors (Lipinski definition) is 1. The molecule has 3 heterocycles. The van der Waals surface area contributed by atoms with Crippen molar-refractivity contribution >= 4 is 5.97 Å². The first-order valence-corrected chi connectivity index (χ1v) is 11.8. The van der Waals surface area contributed by atoms with Crippen molar-refractivity contribution in [2.45, 2.75) is 38.9 Å². The summed E-state index contributed by atoms with van der Waals surface area (Å²) in [6.07, 6.45) is 3.13.